The molecule has 1 aliphatic heterocycles. The Balaban J connectivity index is 1.61. The summed E-state index contributed by atoms with van der Waals surface area (Å²) < 4.78 is 62.8. The van der Waals surface area contributed by atoms with Crippen LogP contribution < -0.4 is 10.6 Å². The molecule has 0 radical (unpaired) electrons. The minimum absolute atomic E-state index is 0.235. The molecule has 0 saturated carbocycles. The number of aromatic nitrogens is 2. The van der Waals surface area contributed by atoms with Gasteiger partial charge in [0.1, 0.15) is 23.3 Å². The van der Waals surface area contributed by atoms with E-state index < -0.39 is 52.9 Å². The zero-order valence-electron chi connectivity index (χ0n) is 20.3. The summed E-state index contributed by atoms with van der Waals surface area (Å²) in [5.74, 6) is -5.94. The second kappa shape index (κ2) is 11.7. The summed E-state index contributed by atoms with van der Waals surface area (Å²) in [7, 11) is 1.55. The molecule has 0 spiro atoms. The molecule has 1 aliphatic rings. The lowest BCUT2D eigenvalue weighted by molar-refractivity contribution is -0.0593. The van der Waals surface area contributed by atoms with Gasteiger partial charge in [-0.05, 0) is 29.8 Å². The average molecular weight is 556 g/mol. The number of para-hydroxylation sites is 1. The number of rotatable bonds is 9. The number of carbonyl (C=O) groups excluding carboxylic acids is 1. The largest absolute Gasteiger partial charge is 0.390 e. The summed E-state index contributed by atoms with van der Waals surface area (Å²) >= 11 is 6.22. The van der Waals surface area contributed by atoms with E-state index >= 15 is 0 Å². The molecule has 0 aliphatic carbocycles. The molecule has 8 nitrogen and oxygen atoms in total. The number of halogens is 5. The van der Waals surface area contributed by atoms with Gasteiger partial charge in [-0.25, -0.2) is 18.3 Å². The van der Waals surface area contributed by atoms with Crippen molar-refractivity contribution in [1.82, 2.24) is 20.0 Å². The van der Waals surface area contributed by atoms with Gasteiger partial charge in [0, 0.05) is 38.7 Å². The normalized spacial score (nSPS) is 18.1. The van der Waals surface area contributed by atoms with E-state index in [0.29, 0.717) is 37.5 Å². The first kappa shape index (κ1) is 27.8. The van der Waals surface area contributed by atoms with Crippen molar-refractivity contribution < 1.29 is 32.2 Å². The highest BCUT2D eigenvalue weighted by Gasteiger charge is 2.40. The van der Waals surface area contributed by atoms with E-state index in [1.54, 1.807) is 37.4 Å². The van der Waals surface area contributed by atoms with Crippen LogP contribution in [0.25, 0.3) is 5.69 Å². The number of benzene rings is 2. The Morgan fingerprint density at radius 2 is 1.87 bits per heavy atom. The molecule has 4 rings (SSSR count). The number of nitrogens with one attached hydrogen (secondary N) is 2. The van der Waals surface area contributed by atoms with Gasteiger partial charge in [0.05, 0.1) is 18.3 Å². The Hall–Kier alpha value is -3.19. The van der Waals surface area contributed by atoms with E-state index in [9.17, 15) is 22.4 Å². The molecule has 2 atom stereocenters. The predicted octanol–water partition coefficient (Wildman–Crippen LogP) is 4.12. The van der Waals surface area contributed by atoms with Gasteiger partial charge in [-0.15, -0.1) is 0 Å². The van der Waals surface area contributed by atoms with Crippen molar-refractivity contribution in [2.24, 2.45) is 0 Å². The number of likely N-dealkylation sites (tertiary alicyclic amines) is 1. The van der Waals surface area contributed by atoms with Crippen LogP contribution in [0.2, 0.25) is 5.02 Å². The van der Waals surface area contributed by atoms with Gasteiger partial charge in [-0.2, -0.15) is 13.9 Å². The number of alkyl halides is 2. The minimum Gasteiger partial charge on any atom is -0.390 e. The molecule has 0 bridgehead atoms. The third-order valence-electron chi connectivity index (χ3n) is 6.24. The van der Waals surface area contributed by atoms with Gasteiger partial charge in [-0.1, -0.05) is 29.8 Å². The molecule has 1 saturated heterocycles. The molecule has 204 valence electrons. The summed E-state index contributed by atoms with van der Waals surface area (Å²) in [5.41, 5.74) is -0.199. The van der Waals surface area contributed by atoms with Crippen molar-refractivity contribution in [2.75, 3.05) is 45.3 Å². The lowest BCUT2D eigenvalue weighted by Gasteiger charge is -2.21. The first-order valence-corrected chi connectivity index (χ1v) is 12.1. The lowest BCUT2D eigenvalue weighted by atomic mass is 9.94. The maximum atomic E-state index is 14.4. The van der Waals surface area contributed by atoms with E-state index in [1.807, 2.05) is 4.90 Å². The highest BCUT2D eigenvalue weighted by molar-refractivity contribution is 6.34. The molecule has 38 heavy (non-hydrogen) atoms. The molecule has 2 heterocycles. The van der Waals surface area contributed by atoms with Gasteiger partial charge in [0.25, 0.3) is 0 Å². The molecular formula is C25H26ClF4N5O3. The highest BCUT2D eigenvalue weighted by atomic mass is 35.5. The second-order valence-electron chi connectivity index (χ2n) is 8.89. The van der Waals surface area contributed by atoms with Crippen molar-refractivity contribution in [2.45, 2.75) is 17.9 Å². The number of anilines is 1. The first-order valence-electron chi connectivity index (χ1n) is 11.7. The van der Waals surface area contributed by atoms with Crippen LogP contribution in [0.4, 0.5) is 28.2 Å². The Bertz CT molecular complexity index is 1260. The first-order chi connectivity index (χ1) is 18.1. The fourth-order valence-corrected chi connectivity index (χ4v) is 4.75. The van der Waals surface area contributed by atoms with Crippen molar-refractivity contribution >= 4 is 23.4 Å². The van der Waals surface area contributed by atoms with Gasteiger partial charge in [-0.3, -0.25) is 10.2 Å². The predicted molar refractivity (Wildman–Crippen MR) is 133 cm³/mol. The standard InChI is InChI=1S/C25H26ClF4N5O3/c1-38-8-7-34-12-19(15-9-16(27)11-17(28)10-15)20(13-34)31-24(37)32-23-21(26)22(25(29,30)14-36)33-35(23)18-5-3-2-4-6-18/h2-6,9-11,19-20,36H,7-8,12-14H2,1H3,(H2,31,32,37)/t19-,20+/m0/s1. The molecule has 1 fully saturated rings. The maximum Gasteiger partial charge on any atom is 0.320 e. The van der Waals surface area contributed by atoms with E-state index in [2.05, 4.69) is 15.7 Å². The van der Waals surface area contributed by atoms with Crippen LogP contribution in [0, 0.1) is 11.6 Å². The molecule has 3 aromatic rings. The quantitative estimate of drug-likeness (QED) is 0.346. The van der Waals surface area contributed by atoms with Crippen LogP contribution in [-0.2, 0) is 10.7 Å². The van der Waals surface area contributed by atoms with E-state index in [4.69, 9.17) is 21.4 Å². The van der Waals surface area contributed by atoms with Crippen LogP contribution in [-0.4, -0.2) is 71.8 Å². The Morgan fingerprint density at radius 3 is 2.50 bits per heavy atom. The van der Waals surface area contributed by atoms with E-state index in [-0.39, 0.29) is 5.82 Å². The highest BCUT2D eigenvalue weighted by Crippen LogP contribution is 2.38. The number of ether oxygens (including phenoxy) is 1. The van der Waals surface area contributed by atoms with Gasteiger partial charge >= 0.3 is 12.0 Å². The number of carbonyl (C=O) groups is 1. The number of methoxy groups -OCH3 is 1. The Kier molecular flexibility index (Phi) is 8.56. The zero-order valence-corrected chi connectivity index (χ0v) is 21.1. The van der Waals surface area contributed by atoms with Crippen molar-refractivity contribution in [3.05, 3.63) is 76.4 Å². The van der Waals surface area contributed by atoms with Gasteiger partial charge in [0.2, 0.25) is 0 Å². The SMILES string of the molecule is COCCN1C[C@@H](NC(=O)Nc2c(Cl)c(C(F)(F)CO)nn2-c2ccccc2)[C@H](c2cc(F)cc(F)c2)C1. The Morgan fingerprint density at radius 1 is 1.18 bits per heavy atom. The number of amides is 2. The number of nitrogens with zero attached hydrogens (tertiary/aromatic N) is 3. The average Bonchev–Trinajstić information content (AvgIpc) is 3.43. The van der Waals surface area contributed by atoms with Crippen molar-refractivity contribution in [1.29, 1.82) is 0 Å². The Labute approximate surface area is 221 Å². The molecule has 2 aromatic carbocycles. The molecule has 2 amide bonds. The maximum absolute atomic E-state index is 14.4. The van der Waals surface area contributed by atoms with Crippen LogP contribution in [0.3, 0.4) is 0 Å². The third kappa shape index (κ3) is 6.09. The van der Waals surface area contributed by atoms with E-state index in [1.165, 1.54) is 12.1 Å². The number of hydrogen-bond donors (Lipinski definition) is 3. The zero-order chi connectivity index (χ0) is 27.4. The smallest absolute Gasteiger partial charge is 0.320 e. The summed E-state index contributed by atoms with van der Waals surface area (Å²) in [6.45, 7) is 0.148. The summed E-state index contributed by atoms with van der Waals surface area (Å²) in [5, 5.41) is 17.7. The van der Waals surface area contributed by atoms with Crippen LogP contribution >= 0.6 is 11.6 Å². The number of hydrogen-bond acceptors (Lipinski definition) is 5. The summed E-state index contributed by atoms with van der Waals surface area (Å²) in [4.78, 5) is 15.1. The summed E-state index contributed by atoms with van der Waals surface area (Å²) in [6, 6.07) is 9.98. The van der Waals surface area contributed by atoms with Gasteiger partial charge in [0.15, 0.2) is 11.5 Å². The fourth-order valence-electron chi connectivity index (χ4n) is 4.44. The lowest BCUT2D eigenvalue weighted by Crippen LogP contribution is -2.42. The number of urea groups is 1. The van der Waals surface area contributed by atoms with Crippen LogP contribution in [0.5, 0.6) is 0 Å². The number of aliphatic hydroxyl groups is 1. The molecule has 3 N–H and O–H groups in total. The monoisotopic (exact) mass is 555 g/mol. The van der Waals surface area contributed by atoms with Crippen LogP contribution in [0.15, 0.2) is 48.5 Å². The molecular weight excluding hydrogens is 530 g/mol. The molecule has 13 heteroatoms. The van der Waals surface area contributed by atoms with Crippen molar-refractivity contribution in [3.8, 4) is 5.69 Å². The number of aliphatic hydroxyl groups excluding tert-OH is 1. The minimum atomic E-state index is -3.76. The van der Waals surface area contributed by atoms with E-state index in [0.717, 1.165) is 10.7 Å². The van der Waals surface area contributed by atoms with Crippen LogP contribution in [0.1, 0.15) is 17.2 Å². The second-order valence-corrected chi connectivity index (χ2v) is 9.27. The fraction of sp³-hybridized carbons (Fsp3) is 0.360. The molecule has 1 aromatic heterocycles. The van der Waals surface area contributed by atoms with Crippen molar-refractivity contribution in [3.63, 3.8) is 0 Å². The van der Waals surface area contributed by atoms with Gasteiger partial charge < -0.3 is 15.2 Å². The third-order valence-corrected chi connectivity index (χ3v) is 6.60. The topological polar surface area (TPSA) is 91.7 Å². The summed E-state index contributed by atoms with van der Waals surface area (Å²) in [6.07, 6.45) is 0. The molecule has 0 unspecified atom stereocenters.